The van der Waals surface area contributed by atoms with Crippen LogP contribution in [0.1, 0.15) is 25.3 Å². The van der Waals surface area contributed by atoms with Gasteiger partial charge in [0.1, 0.15) is 0 Å². The standard InChI is InChI=1S/C15H23NS/c1-4-8-14(16-11-5-2)12-17-15-10-7-6-9-13(15)3/h4,6-7,9-10,14,16H,1,5,8,11-12H2,2-3H3. The van der Waals surface area contributed by atoms with Crippen LogP contribution in [0.4, 0.5) is 0 Å². The lowest BCUT2D eigenvalue weighted by molar-refractivity contribution is 0.558. The van der Waals surface area contributed by atoms with E-state index in [1.165, 1.54) is 16.9 Å². The minimum absolute atomic E-state index is 0.539. The van der Waals surface area contributed by atoms with Gasteiger partial charge in [-0.3, -0.25) is 0 Å². The first-order valence-electron chi connectivity index (χ1n) is 6.30. The fourth-order valence-corrected chi connectivity index (χ4v) is 2.77. The van der Waals surface area contributed by atoms with Crippen molar-refractivity contribution in [2.45, 2.75) is 37.6 Å². The molecule has 0 aromatic heterocycles. The zero-order chi connectivity index (χ0) is 12.5. The maximum absolute atomic E-state index is 3.83. The summed E-state index contributed by atoms with van der Waals surface area (Å²) in [6.45, 7) is 9.29. The second kappa shape index (κ2) is 8.37. The van der Waals surface area contributed by atoms with Crippen LogP contribution in [0.25, 0.3) is 0 Å². The molecular formula is C15H23NS. The summed E-state index contributed by atoms with van der Waals surface area (Å²) in [5.74, 6) is 1.11. The number of nitrogens with one attached hydrogen (secondary N) is 1. The third-order valence-electron chi connectivity index (χ3n) is 2.67. The molecule has 1 aromatic carbocycles. The molecular weight excluding hydrogens is 226 g/mol. The van der Waals surface area contributed by atoms with Crippen molar-refractivity contribution in [1.29, 1.82) is 0 Å². The molecule has 0 aliphatic rings. The van der Waals surface area contributed by atoms with Crippen LogP contribution in [0.2, 0.25) is 0 Å². The van der Waals surface area contributed by atoms with E-state index in [1.54, 1.807) is 0 Å². The van der Waals surface area contributed by atoms with E-state index in [2.05, 4.69) is 50.0 Å². The van der Waals surface area contributed by atoms with Crippen LogP contribution >= 0.6 is 11.8 Å². The lowest BCUT2D eigenvalue weighted by Gasteiger charge is -2.16. The minimum Gasteiger partial charge on any atom is -0.313 e. The van der Waals surface area contributed by atoms with Crippen molar-refractivity contribution in [3.63, 3.8) is 0 Å². The van der Waals surface area contributed by atoms with E-state index >= 15 is 0 Å². The normalized spacial score (nSPS) is 12.4. The van der Waals surface area contributed by atoms with Gasteiger partial charge in [-0.05, 0) is 37.9 Å². The highest BCUT2D eigenvalue weighted by atomic mass is 32.2. The summed E-state index contributed by atoms with van der Waals surface area (Å²) in [6, 6.07) is 9.11. The van der Waals surface area contributed by atoms with E-state index in [1.807, 2.05) is 17.8 Å². The smallest absolute Gasteiger partial charge is 0.0196 e. The molecule has 1 atom stereocenters. The summed E-state index contributed by atoms with van der Waals surface area (Å²) in [5.41, 5.74) is 1.37. The Morgan fingerprint density at radius 2 is 2.18 bits per heavy atom. The molecule has 1 rings (SSSR count). The summed E-state index contributed by atoms with van der Waals surface area (Å²) in [4.78, 5) is 1.39. The number of hydrogen-bond donors (Lipinski definition) is 1. The molecule has 1 aromatic rings. The molecule has 17 heavy (non-hydrogen) atoms. The number of rotatable bonds is 8. The fourth-order valence-electron chi connectivity index (χ4n) is 1.67. The van der Waals surface area contributed by atoms with Gasteiger partial charge in [0.25, 0.3) is 0 Å². The minimum atomic E-state index is 0.539. The van der Waals surface area contributed by atoms with Crippen LogP contribution in [0.3, 0.4) is 0 Å². The Morgan fingerprint density at radius 1 is 1.41 bits per heavy atom. The van der Waals surface area contributed by atoms with Crippen molar-refractivity contribution in [2.75, 3.05) is 12.3 Å². The van der Waals surface area contributed by atoms with E-state index in [0.717, 1.165) is 18.7 Å². The number of aryl methyl sites for hydroxylation is 1. The SMILES string of the molecule is C=CCC(CSc1ccccc1C)NCCC. The van der Waals surface area contributed by atoms with Gasteiger partial charge in [-0.15, -0.1) is 18.3 Å². The molecule has 0 heterocycles. The Kier molecular flexibility index (Phi) is 7.06. The van der Waals surface area contributed by atoms with Gasteiger partial charge in [-0.2, -0.15) is 0 Å². The van der Waals surface area contributed by atoms with Crippen molar-refractivity contribution in [1.82, 2.24) is 5.32 Å². The summed E-state index contributed by atoms with van der Waals surface area (Å²) in [5, 5.41) is 3.57. The number of benzene rings is 1. The topological polar surface area (TPSA) is 12.0 Å². The molecule has 0 amide bonds. The van der Waals surface area contributed by atoms with E-state index < -0.39 is 0 Å². The van der Waals surface area contributed by atoms with Gasteiger partial charge in [0, 0.05) is 16.7 Å². The van der Waals surface area contributed by atoms with Gasteiger partial charge in [-0.25, -0.2) is 0 Å². The van der Waals surface area contributed by atoms with Crippen molar-refractivity contribution in [2.24, 2.45) is 0 Å². The van der Waals surface area contributed by atoms with E-state index in [0.29, 0.717) is 6.04 Å². The second-order valence-electron chi connectivity index (χ2n) is 4.25. The molecule has 0 bridgehead atoms. The van der Waals surface area contributed by atoms with Crippen LogP contribution in [0.15, 0.2) is 41.8 Å². The van der Waals surface area contributed by atoms with Gasteiger partial charge >= 0.3 is 0 Å². The van der Waals surface area contributed by atoms with Crippen LogP contribution in [0.5, 0.6) is 0 Å². The summed E-state index contributed by atoms with van der Waals surface area (Å²) < 4.78 is 0. The van der Waals surface area contributed by atoms with E-state index in [9.17, 15) is 0 Å². The first-order valence-corrected chi connectivity index (χ1v) is 7.29. The van der Waals surface area contributed by atoms with Gasteiger partial charge in [0.15, 0.2) is 0 Å². The molecule has 0 spiro atoms. The van der Waals surface area contributed by atoms with E-state index in [-0.39, 0.29) is 0 Å². The first kappa shape index (κ1) is 14.3. The zero-order valence-electron chi connectivity index (χ0n) is 10.9. The van der Waals surface area contributed by atoms with Crippen molar-refractivity contribution in [3.8, 4) is 0 Å². The third-order valence-corrected chi connectivity index (χ3v) is 4.01. The zero-order valence-corrected chi connectivity index (χ0v) is 11.7. The largest absolute Gasteiger partial charge is 0.313 e. The molecule has 2 heteroatoms. The van der Waals surface area contributed by atoms with Crippen LogP contribution in [-0.2, 0) is 0 Å². The first-order chi connectivity index (χ1) is 8.27. The van der Waals surface area contributed by atoms with E-state index in [4.69, 9.17) is 0 Å². The molecule has 0 aliphatic carbocycles. The van der Waals surface area contributed by atoms with Gasteiger partial charge < -0.3 is 5.32 Å². The summed E-state index contributed by atoms with van der Waals surface area (Å²) in [7, 11) is 0. The average Bonchev–Trinajstić information content (AvgIpc) is 2.34. The van der Waals surface area contributed by atoms with Gasteiger partial charge in [0.2, 0.25) is 0 Å². The monoisotopic (exact) mass is 249 g/mol. The van der Waals surface area contributed by atoms with Gasteiger partial charge in [0.05, 0.1) is 0 Å². The highest BCUT2D eigenvalue weighted by Crippen LogP contribution is 2.23. The third kappa shape index (κ3) is 5.42. The van der Waals surface area contributed by atoms with Crippen molar-refractivity contribution < 1.29 is 0 Å². The predicted molar refractivity (Wildman–Crippen MR) is 78.8 cm³/mol. The maximum atomic E-state index is 3.83. The maximum Gasteiger partial charge on any atom is 0.0196 e. The Bertz CT molecular complexity index is 335. The predicted octanol–water partition coefficient (Wildman–Crippen LogP) is 4.03. The molecule has 0 saturated heterocycles. The Morgan fingerprint density at radius 3 is 2.82 bits per heavy atom. The Hall–Kier alpha value is -0.730. The molecule has 0 radical (unpaired) electrons. The summed E-state index contributed by atoms with van der Waals surface area (Å²) >= 11 is 1.94. The van der Waals surface area contributed by atoms with Crippen LogP contribution < -0.4 is 5.32 Å². The van der Waals surface area contributed by atoms with Crippen molar-refractivity contribution >= 4 is 11.8 Å². The molecule has 0 saturated carbocycles. The average molecular weight is 249 g/mol. The molecule has 0 fully saturated rings. The lowest BCUT2D eigenvalue weighted by Crippen LogP contribution is -2.31. The van der Waals surface area contributed by atoms with Crippen LogP contribution in [0, 0.1) is 6.92 Å². The highest BCUT2D eigenvalue weighted by Gasteiger charge is 2.07. The second-order valence-corrected chi connectivity index (χ2v) is 5.31. The quantitative estimate of drug-likeness (QED) is 0.551. The molecule has 1 nitrogen and oxygen atoms in total. The Balaban J connectivity index is 2.45. The molecule has 94 valence electrons. The molecule has 0 aliphatic heterocycles. The number of thioether (sulfide) groups is 1. The van der Waals surface area contributed by atoms with Crippen LogP contribution in [-0.4, -0.2) is 18.3 Å². The highest BCUT2D eigenvalue weighted by molar-refractivity contribution is 7.99. The molecule has 1 N–H and O–H groups in total. The van der Waals surface area contributed by atoms with Crippen molar-refractivity contribution in [3.05, 3.63) is 42.5 Å². The number of hydrogen-bond acceptors (Lipinski definition) is 2. The Labute approximate surface area is 110 Å². The summed E-state index contributed by atoms with van der Waals surface area (Å²) in [6.07, 6.45) is 4.23. The lowest BCUT2D eigenvalue weighted by atomic mass is 10.2. The molecule has 1 unspecified atom stereocenters. The van der Waals surface area contributed by atoms with Gasteiger partial charge in [-0.1, -0.05) is 31.2 Å². The fraction of sp³-hybridized carbons (Fsp3) is 0.467.